The van der Waals surface area contributed by atoms with Gasteiger partial charge in [-0.3, -0.25) is 0 Å². The van der Waals surface area contributed by atoms with Crippen molar-refractivity contribution in [2.75, 3.05) is 23.8 Å². The first kappa shape index (κ1) is 14.2. The maximum Gasteiger partial charge on any atom is 0.243 e. The van der Waals surface area contributed by atoms with Crippen LogP contribution in [0.25, 0.3) is 0 Å². The summed E-state index contributed by atoms with van der Waals surface area (Å²) >= 11 is 3.58. The van der Waals surface area contributed by atoms with Crippen LogP contribution in [0.15, 0.2) is 29.2 Å². The van der Waals surface area contributed by atoms with Crippen LogP contribution in [0.4, 0.5) is 4.39 Å². The first-order valence-corrected chi connectivity index (χ1v) is 9.22. The third-order valence-corrected chi connectivity index (χ3v) is 6.81. The van der Waals surface area contributed by atoms with Crippen LogP contribution >= 0.6 is 23.5 Å². The van der Waals surface area contributed by atoms with Crippen LogP contribution in [0, 0.1) is 5.82 Å². The Hall–Kier alpha value is -0.240. The summed E-state index contributed by atoms with van der Waals surface area (Å²) in [6, 6.07) is 5.42. The molecule has 1 aliphatic rings. The zero-order valence-corrected chi connectivity index (χ0v) is 12.1. The lowest BCUT2D eigenvalue weighted by molar-refractivity contribution is 0.557. The van der Waals surface area contributed by atoms with Crippen molar-refractivity contribution < 1.29 is 12.8 Å². The molecule has 3 nitrogen and oxygen atoms in total. The van der Waals surface area contributed by atoms with Crippen molar-refractivity contribution in [3.05, 3.63) is 30.1 Å². The average molecular weight is 307 g/mol. The monoisotopic (exact) mass is 307 g/mol. The van der Waals surface area contributed by atoms with E-state index in [4.69, 9.17) is 0 Å². The smallest absolute Gasteiger partial charge is 0.210 e. The minimum absolute atomic E-state index is 0.269. The van der Waals surface area contributed by atoms with Gasteiger partial charge in [0.15, 0.2) is 0 Å². The van der Waals surface area contributed by atoms with Crippen molar-refractivity contribution >= 4 is 33.5 Å². The Labute approximate surface area is 115 Å². The van der Waals surface area contributed by atoms with E-state index in [1.165, 1.54) is 18.2 Å². The Morgan fingerprint density at radius 3 is 2.78 bits per heavy atom. The van der Waals surface area contributed by atoms with Crippen LogP contribution in [0.1, 0.15) is 0 Å². The summed E-state index contributed by atoms with van der Waals surface area (Å²) < 4.78 is 39.8. The third-order valence-electron chi connectivity index (χ3n) is 2.51. The number of nitrogens with one attached hydrogen (secondary N) is 1. The molecule has 1 aromatic carbocycles. The first-order chi connectivity index (χ1) is 8.59. The van der Waals surface area contributed by atoms with E-state index in [1.54, 1.807) is 11.8 Å². The molecule has 0 bridgehead atoms. The zero-order valence-electron chi connectivity index (χ0n) is 9.63. The molecule has 1 aromatic rings. The Morgan fingerprint density at radius 2 is 2.11 bits per heavy atom. The Balaban J connectivity index is 2.01. The fraction of sp³-hybridized carbons (Fsp3) is 0.455. The molecular weight excluding hydrogens is 293 g/mol. The van der Waals surface area contributed by atoms with Gasteiger partial charge in [0.1, 0.15) is 10.7 Å². The number of benzene rings is 1. The van der Waals surface area contributed by atoms with Gasteiger partial charge in [0.25, 0.3) is 0 Å². The summed E-state index contributed by atoms with van der Waals surface area (Å²) in [4.78, 5) is -0.279. The molecule has 2 rings (SSSR count). The largest absolute Gasteiger partial charge is 0.243 e. The zero-order chi connectivity index (χ0) is 13.0. The fourth-order valence-corrected chi connectivity index (χ4v) is 5.47. The van der Waals surface area contributed by atoms with Gasteiger partial charge in [-0.15, -0.1) is 0 Å². The molecule has 0 aliphatic carbocycles. The van der Waals surface area contributed by atoms with E-state index < -0.39 is 15.8 Å². The fourth-order valence-electron chi connectivity index (χ4n) is 1.60. The number of sulfonamides is 1. The molecule has 0 spiro atoms. The highest BCUT2D eigenvalue weighted by Crippen LogP contribution is 2.24. The lowest BCUT2D eigenvalue weighted by atomic mass is 10.4. The van der Waals surface area contributed by atoms with Crippen LogP contribution in [0.2, 0.25) is 0 Å². The first-order valence-electron chi connectivity index (χ1n) is 5.53. The minimum atomic E-state index is -3.74. The second kappa shape index (κ2) is 6.27. The standard InChI is InChI=1S/C11H14FNO2S3/c12-10-3-1-2-4-11(10)18(14,15)13-7-9-8-16-5-6-17-9/h1-4,9,13H,5-8H2. The van der Waals surface area contributed by atoms with Gasteiger partial charge >= 0.3 is 0 Å². The molecule has 1 N–H and O–H groups in total. The third kappa shape index (κ3) is 3.63. The molecule has 1 fully saturated rings. The van der Waals surface area contributed by atoms with Gasteiger partial charge in [0.05, 0.1) is 0 Å². The topological polar surface area (TPSA) is 46.2 Å². The van der Waals surface area contributed by atoms with Crippen LogP contribution in [-0.2, 0) is 10.0 Å². The second-order valence-electron chi connectivity index (χ2n) is 3.85. The molecule has 1 unspecified atom stereocenters. The Morgan fingerprint density at radius 1 is 1.33 bits per heavy atom. The maximum atomic E-state index is 13.4. The molecule has 1 heterocycles. The van der Waals surface area contributed by atoms with E-state index in [0.717, 1.165) is 23.3 Å². The molecule has 1 saturated heterocycles. The quantitative estimate of drug-likeness (QED) is 0.923. The normalized spacial score (nSPS) is 20.8. The summed E-state index contributed by atoms with van der Waals surface area (Å²) in [5, 5.41) is 0.269. The number of thioether (sulfide) groups is 2. The summed E-state index contributed by atoms with van der Waals surface area (Å²) in [7, 11) is -3.74. The van der Waals surface area contributed by atoms with Crippen LogP contribution in [0.3, 0.4) is 0 Å². The van der Waals surface area contributed by atoms with E-state index in [-0.39, 0.29) is 10.1 Å². The van der Waals surface area contributed by atoms with E-state index in [1.807, 2.05) is 11.8 Å². The summed E-state index contributed by atoms with van der Waals surface area (Å²) in [5.41, 5.74) is 0. The Kier molecular flexibility index (Phi) is 4.94. The molecule has 0 radical (unpaired) electrons. The molecule has 1 aliphatic heterocycles. The van der Waals surface area contributed by atoms with Crippen molar-refractivity contribution in [2.24, 2.45) is 0 Å². The van der Waals surface area contributed by atoms with Gasteiger partial charge < -0.3 is 0 Å². The van der Waals surface area contributed by atoms with Gasteiger partial charge in [-0.1, -0.05) is 12.1 Å². The van der Waals surface area contributed by atoms with E-state index >= 15 is 0 Å². The average Bonchev–Trinajstić information content (AvgIpc) is 2.38. The van der Waals surface area contributed by atoms with E-state index in [2.05, 4.69) is 4.72 Å². The van der Waals surface area contributed by atoms with E-state index in [0.29, 0.717) is 6.54 Å². The van der Waals surface area contributed by atoms with Gasteiger partial charge in [-0.2, -0.15) is 23.5 Å². The maximum absolute atomic E-state index is 13.4. The molecule has 0 saturated carbocycles. The van der Waals surface area contributed by atoms with Crippen molar-refractivity contribution in [1.29, 1.82) is 0 Å². The highest BCUT2D eigenvalue weighted by Gasteiger charge is 2.21. The van der Waals surface area contributed by atoms with Crippen molar-refractivity contribution in [3.8, 4) is 0 Å². The lowest BCUT2D eigenvalue weighted by Crippen LogP contribution is -2.33. The van der Waals surface area contributed by atoms with Crippen LogP contribution < -0.4 is 4.72 Å². The lowest BCUT2D eigenvalue weighted by Gasteiger charge is -2.21. The van der Waals surface area contributed by atoms with E-state index in [9.17, 15) is 12.8 Å². The highest BCUT2D eigenvalue weighted by molar-refractivity contribution is 8.06. The predicted molar refractivity (Wildman–Crippen MR) is 75.2 cm³/mol. The molecular formula is C11H14FNO2S3. The van der Waals surface area contributed by atoms with Crippen molar-refractivity contribution in [2.45, 2.75) is 10.1 Å². The number of hydrogen-bond donors (Lipinski definition) is 1. The van der Waals surface area contributed by atoms with Gasteiger partial charge in [-0.25, -0.2) is 17.5 Å². The van der Waals surface area contributed by atoms with Gasteiger partial charge in [0.2, 0.25) is 10.0 Å². The van der Waals surface area contributed by atoms with Crippen LogP contribution in [0.5, 0.6) is 0 Å². The number of rotatable bonds is 4. The van der Waals surface area contributed by atoms with Gasteiger partial charge in [0, 0.05) is 29.1 Å². The molecule has 1 atom stereocenters. The van der Waals surface area contributed by atoms with Gasteiger partial charge in [-0.05, 0) is 12.1 Å². The van der Waals surface area contributed by atoms with Crippen molar-refractivity contribution in [1.82, 2.24) is 4.72 Å². The highest BCUT2D eigenvalue weighted by atomic mass is 32.2. The Bertz CT molecular complexity index is 501. The molecule has 18 heavy (non-hydrogen) atoms. The molecule has 0 amide bonds. The summed E-state index contributed by atoms with van der Waals surface area (Å²) in [6.45, 7) is 0.355. The number of hydrogen-bond acceptors (Lipinski definition) is 4. The second-order valence-corrected chi connectivity index (χ2v) is 8.14. The minimum Gasteiger partial charge on any atom is -0.210 e. The summed E-state index contributed by atoms with van der Waals surface area (Å²) in [6.07, 6.45) is 0. The van der Waals surface area contributed by atoms with Crippen molar-refractivity contribution in [3.63, 3.8) is 0 Å². The number of halogens is 1. The molecule has 7 heteroatoms. The predicted octanol–water partition coefficient (Wildman–Crippen LogP) is 1.95. The SMILES string of the molecule is O=S(=O)(NCC1CSCCS1)c1ccccc1F. The molecule has 100 valence electrons. The van der Waals surface area contributed by atoms with Crippen LogP contribution in [-0.4, -0.2) is 37.5 Å². The summed E-state index contributed by atoms with van der Waals surface area (Å²) in [5.74, 6) is 2.37. The molecule has 0 aromatic heterocycles.